The number of urea groups is 1. The Morgan fingerprint density at radius 1 is 1.53 bits per heavy atom. The van der Waals surface area contributed by atoms with Crippen molar-refractivity contribution in [1.29, 1.82) is 0 Å². The van der Waals surface area contributed by atoms with Crippen LogP contribution in [0.1, 0.15) is 39.0 Å². The SMILES string of the molecule is CC1C(C(=O)O)CCN1C(=O)NCCC1=CCCC1. The number of likely N-dealkylation sites (tertiary alicyclic amines) is 1. The maximum absolute atomic E-state index is 12.0. The minimum absolute atomic E-state index is 0.130. The van der Waals surface area contributed by atoms with E-state index in [0.29, 0.717) is 19.5 Å². The van der Waals surface area contributed by atoms with Gasteiger partial charge in [-0.05, 0) is 39.0 Å². The Morgan fingerprint density at radius 3 is 2.89 bits per heavy atom. The van der Waals surface area contributed by atoms with Crippen molar-refractivity contribution in [3.05, 3.63) is 11.6 Å². The predicted octanol–water partition coefficient (Wildman–Crippen LogP) is 1.99. The molecular formula is C14H22N2O3. The number of hydrogen-bond donors (Lipinski definition) is 2. The highest BCUT2D eigenvalue weighted by Crippen LogP contribution is 2.24. The summed E-state index contributed by atoms with van der Waals surface area (Å²) < 4.78 is 0. The Balaban J connectivity index is 1.75. The Hall–Kier alpha value is -1.52. The fourth-order valence-electron chi connectivity index (χ4n) is 2.95. The molecule has 19 heavy (non-hydrogen) atoms. The van der Waals surface area contributed by atoms with Crippen LogP contribution < -0.4 is 5.32 Å². The molecule has 0 radical (unpaired) electrons. The van der Waals surface area contributed by atoms with Crippen LogP contribution in [0.25, 0.3) is 0 Å². The van der Waals surface area contributed by atoms with Crippen LogP contribution in [0.2, 0.25) is 0 Å². The summed E-state index contributed by atoms with van der Waals surface area (Å²) in [5.74, 6) is -1.23. The van der Waals surface area contributed by atoms with Crippen molar-refractivity contribution >= 4 is 12.0 Å². The number of nitrogens with zero attached hydrogens (tertiary/aromatic N) is 1. The number of rotatable bonds is 4. The number of carboxylic acid groups (broad SMARTS) is 1. The van der Waals surface area contributed by atoms with Gasteiger partial charge in [-0.2, -0.15) is 0 Å². The van der Waals surface area contributed by atoms with Gasteiger partial charge < -0.3 is 15.3 Å². The molecule has 1 aliphatic heterocycles. The lowest BCUT2D eigenvalue weighted by atomic mass is 10.0. The van der Waals surface area contributed by atoms with Crippen LogP contribution in [-0.4, -0.2) is 41.1 Å². The molecule has 2 unspecified atom stereocenters. The van der Waals surface area contributed by atoms with Crippen molar-refractivity contribution in [3.63, 3.8) is 0 Å². The van der Waals surface area contributed by atoms with Gasteiger partial charge in [-0.25, -0.2) is 4.79 Å². The number of hydrogen-bond acceptors (Lipinski definition) is 2. The molecule has 2 amide bonds. The quantitative estimate of drug-likeness (QED) is 0.764. The second-order valence-corrected chi connectivity index (χ2v) is 5.40. The topological polar surface area (TPSA) is 69.6 Å². The first-order valence-corrected chi connectivity index (χ1v) is 7.05. The summed E-state index contributed by atoms with van der Waals surface area (Å²) in [6, 6.07) is -0.349. The van der Waals surface area contributed by atoms with Crippen LogP contribution >= 0.6 is 0 Å². The Bertz CT molecular complexity index is 392. The first-order valence-electron chi connectivity index (χ1n) is 7.05. The third-order valence-corrected chi connectivity index (χ3v) is 4.19. The molecule has 0 bridgehead atoms. The van der Waals surface area contributed by atoms with Gasteiger partial charge in [0.15, 0.2) is 0 Å². The van der Waals surface area contributed by atoms with Crippen molar-refractivity contribution in [1.82, 2.24) is 10.2 Å². The van der Waals surface area contributed by atoms with E-state index in [4.69, 9.17) is 5.11 Å². The minimum atomic E-state index is -0.807. The van der Waals surface area contributed by atoms with Gasteiger partial charge in [-0.1, -0.05) is 11.6 Å². The van der Waals surface area contributed by atoms with E-state index in [1.54, 1.807) is 4.90 Å². The summed E-state index contributed by atoms with van der Waals surface area (Å²) in [7, 11) is 0. The minimum Gasteiger partial charge on any atom is -0.481 e. The standard InChI is InChI=1S/C14H22N2O3/c1-10-12(13(17)18)7-9-16(10)14(19)15-8-6-11-4-2-3-5-11/h4,10,12H,2-3,5-9H2,1H3,(H,15,19)(H,17,18). The highest BCUT2D eigenvalue weighted by molar-refractivity contribution is 5.78. The van der Waals surface area contributed by atoms with Gasteiger partial charge in [-0.15, -0.1) is 0 Å². The van der Waals surface area contributed by atoms with Crippen molar-refractivity contribution in [2.75, 3.05) is 13.1 Å². The molecule has 106 valence electrons. The average molecular weight is 266 g/mol. The van der Waals surface area contributed by atoms with Gasteiger partial charge in [0.1, 0.15) is 0 Å². The molecule has 0 saturated carbocycles. The Kier molecular flexibility index (Phi) is 4.45. The van der Waals surface area contributed by atoms with Crippen LogP contribution in [0.5, 0.6) is 0 Å². The molecule has 2 N–H and O–H groups in total. The fourth-order valence-corrected chi connectivity index (χ4v) is 2.95. The average Bonchev–Trinajstić information content (AvgIpc) is 2.98. The van der Waals surface area contributed by atoms with Gasteiger partial charge in [0.05, 0.1) is 5.92 Å². The summed E-state index contributed by atoms with van der Waals surface area (Å²) in [4.78, 5) is 24.6. The zero-order valence-corrected chi connectivity index (χ0v) is 11.4. The van der Waals surface area contributed by atoms with Crippen LogP contribution in [-0.2, 0) is 4.79 Å². The molecule has 0 aromatic carbocycles. The number of carbonyl (C=O) groups is 2. The molecule has 0 aromatic rings. The maximum atomic E-state index is 12.0. The van der Waals surface area contributed by atoms with Gasteiger partial charge in [0.2, 0.25) is 0 Å². The number of carbonyl (C=O) groups excluding carboxylic acids is 1. The third-order valence-electron chi connectivity index (χ3n) is 4.19. The van der Waals surface area contributed by atoms with Gasteiger partial charge >= 0.3 is 12.0 Å². The molecule has 0 spiro atoms. The van der Waals surface area contributed by atoms with E-state index >= 15 is 0 Å². The van der Waals surface area contributed by atoms with Crippen molar-refractivity contribution in [3.8, 4) is 0 Å². The van der Waals surface area contributed by atoms with Gasteiger partial charge in [0, 0.05) is 19.1 Å². The van der Waals surface area contributed by atoms with Crippen LogP contribution in [0.15, 0.2) is 11.6 Å². The Morgan fingerprint density at radius 2 is 2.32 bits per heavy atom. The highest BCUT2D eigenvalue weighted by Gasteiger charge is 2.37. The third kappa shape index (κ3) is 3.28. The summed E-state index contributed by atoms with van der Waals surface area (Å²) >= 11 is 0. The second-order valence-electron chi connectivity index (χ2n) is 5.40. The first kappa shape index (κ1) is 13.9. The van der Waals surface area contributed by atoms with Crippen LogP contribution in [0, 0.1) is 5.92 Å². The normalized spacial score (nSPS) is 26.4. The lowest BCUT2D eigenvalue weighted by molar-refractivity contribution is -0.142. The Labute approximate surface area is 113 Å². The smallest absolute Gasteiger partial charge is 0.317 e. The van der Waals surface area contributed by atoms with Gasteiger partial charge in [0.25, 0.3) is 0 Å². The van der Waals surface area contributed by atoms with E-state index in [9.17, 15) is 9.59 Å². The molecule has 1 aliphatic carbocycles. The molecule has 1 heterocycles. The van der Waals surface area contributed by atoms with E-state index in [-0.39, 0.29) is 12.1 Å². The largest absolute Gasteiger partial charge is 0.481 e. The number of allylic oxidation sites excluding steroid dienone is 1. The molecule has 0 aromatic heterocycles. The van der Waals surface area contributed by atoms with E-state index in [2.05, 4.69) is 11.4 Å². The predicted molar refractivity (Wildman–Crippen MR) is 71.9 cm³/mol. The monoisotopic (exact) mass is 266 g/mol. The summed E-state index contributed by atoms with van der Waals surface area (Å²) in [6.45, 7) is 2.99. The lowest BCUT2D eigenvalue weighted by Gasteiger charge is -2.23. The molecule has 1 saturated heterocycles. The van der Waals surface area contributed by atoms with Crippen molar-refractivity contribution in [2.24, 2.45) is 5.92 Å². The van der Waals surface area contributed by atoms with Crippen LogP contribution in [0.4, 0.5) is 4.79 Å². The molecule has 2 atom stereocenters. The van der Waals surface area contributed by atoms with Crippen molar-refractivity contribution < 1.29 is 14.7 Å². The molecule has 2 aliphatic rings. The zero-order valence-electron chi connectivity index (χ0n) is 11.4. The number of carboxylic acids is 1. The summed E-state index contributed by atoms with van der Waals surface area (Å²) in [5, 5.41) is 11.9. The first-order chi connectivity index (χ1) is 9.09. The molecule has 2 rings (SSSR count). The van der Waals surface area contributed by atoms with Crippen LogP contribution in [0.3, 0.4) is 0 Å². The van der Waals surface area contributed by atoms with E-state index < -0.39 is 11.9 Å². The number of aliphatic carboxylic acids is 1. The zero-order chi connectivity index (χ0) is 13.8. The highest BCUT2D eigenvalue weighted by atomic mass is 16.4. The van der Waals surface area contributed by atoms with E-state index in [1.165, 1.54) is 12.0 Å². The summed E-state index contributed by atoms with van der Waals surface area (Å²) in [6.07, 6.45) is 7.26. The van der Waals surface area contributed by atoms with Gasteiger partial charge in [-0.3, -0.25) is 4.79 Å². The van der Waals surface area contributed by atoms with E-state index in [0.717, 1.165) is 19.3 Å². The molecule has 1 fully saturated rings. The number of nitrogens with one attached hydrogen (secondary N) is 1. The maximum Gasteiger partial charge on any atom is 0.317 e. The number of amides is 2. The van der Waals surface area contributed by atoms with Crippen molar-refractivity contribution in [2.45, 2.75) is 45.1 Å². The lowest BCUT2D eigenvalue weighted by Crippen LogP contribution is -2.44. The van der Waals surface area contributed by atoms with E-state index in [1.807, 2.05) is 6.92 Å². The second kappa shape index (κ2) is 6.08. The summed E-state index contributed by atoms with van der Waals surface area (Å²) in [5.41, 5.74) is 1.43. The fraction of sp³-hybridized carbons (Fsp3) is 0.714. The molecule has 5 nitrogen and oxygen atoms in total. The molecule has 5 heteroatoms. The molecular weight excluding hydrogens is 244 g/mol.